The van der Waals surface area contributed by atoms with Crippen molar-refractivity contribution in [1.29, 1.82) is 0 Å². The van der Waals surface area contributed by atoms with Crippen LogP contribution in [-0.2, 0) is 23.8 Å². The summed E-state index contributed by atoms with van der Waals surface area (Å²) in [5, 5.41) is 36.4. The van der Waals surface area contributed by atoms with Crippen molar-refractivity contribution in [2.75, 3.05) is 12.4 Å². The molecule has 3 aliphatic heterocycles. The van der Waals surface area contributed by atoms with Gasteiger partial charge in [0.2, 0.25) is 5.43 Å². The lowest BCUT2D eigenvalue weighted by Crippen LogP contribution is -2.46. The maximum absolute atomic E-state index is 15.5. The molecule has 0 spiro atoms. The lowest BCUT2D eigenvalue weighted by Gasteiger charge is -2.38. The number of methoxy groups -OCH3 is 1. The number of phenolic OH excluding ortho intramolecular Hbond substituents is 1. The normalized spacial score (nSPS) is 30.2. The van der Waals surface area contributed by atoms with Gasteiger partial charge in [0.25, 0.3) is 11.7 Å². The average Bonchev–Trinajstić information content (AvgIpc) is 3.45. The van der Waals surface area contributed by atoms with Crippen LogP contribution in [0.3, 0.4) is 0 Å². The zero-order valence-corrected chi connectivity index (χ0v) is 35.5. The number of ketones is 1. The molecule has 1 amide bonds. The number of benzene rings is 3. The van der Waals surface area contributed by atoms with Gasteiger partial charge in [-0.3, -0.25) is 19.2 Å². The lowest BCUT2D eigenvalue weighted by molar-refractivity contribution is -0.160. The molecule has 0 saturated heterocycles. The number of halogens is 2. The first kappa shape index (κ1) is 43.4. The van der Waals surface area contributed by atoms with Gasteiger partial charge in [0.15, 0.2) is 17.2 Å². The van der Waals surface area contributed by atoms with Gasteiger partial charge in [-0.2, -0.15) is 0 Å². The molecule has 4 bridgehead atoms. The number of Topliss-reactive ketones (excluding diaryl/α,β-unsaturated/α-hetero) is 1. The Labute approximate surface area is 347 Å². The zero-order valence-electron chi connectivity index (χ0n) is 33.9. The molecule has 0 radical (unpaired) electrons. The van der Waals surface area contributed by atoms with Crippen LogP contribution >= 0.6 is 15.9 Å². The molecule has 3 heterocycles. The Morgan fingerprint density at radius 1 is 1.02 bits per heavy atom. The second-order valence-electron chi connectivity index (χ2n) is 15.5. The molecule has 4 aliphatic rings. The lowest BCUT2D eigenvalue weighted by atomic mass is 9.78. The molecule has 16 heteroatoms. The second-order valence-corrected chi connectivity index (χ2v) is 16.4. The molecule has 0 aromatic heterocycles. The number of hydrogen-bond acceptors (Lipinski definition) is 13. The first-order chi connectivity index (χ1) is 27.7. The van der Waals surface area contributed by atoms with Gasteiger partial charge in [0.05, 0.1) is 35.5 Å². The summed E-state index contributed by atoms with van der Waals surface area (Å²) in [6, 6.07) is 2.57. The fourth-order valence-electron chi connectivity index (χ4n) is 7.84. The van der Waals surface area contributed by atoms with Crippen LogP contribution in [-0.4, -0.2) is 75.3 Å². The topological polar surface area (TPSA) is 204 Å². The number of allylic oxidation sites excluding steroid dienone is 2. The van der Waals surface area contributed by atoms with Gasteiger partial charge in [-0.15, -0.1) is 0 Å². The Morgan fingerprint density at radius 3 is 2.37 bits per heavy atom. The molecule has 14 nitrogen and oxygen atoms in total. The van der Waals surface area contributed by atoms with Gasteiger partial charge in [-0.05, 0) is 32.1 Å². The van der Waals surface area contributed by atoms with E-state index in [1.54, 1.807) is 39.8 Å². The molecular formula is C43H46BrFN2O12. The number of aliphatic hydroxyl groups is 2. The summed E-state index contributed by atoms with van der Waals surface area (Å²) >= 11 is 3.23. The third-order valence-corrected chi connectivity index (χ3v) is 11.8. The van der Waals surface area contributed by atoms with Crippen LogP contribution in [0.2, 0.25) is 0 Å². The number of aromatic hydroxyl groups is 1. The van der Waals surface area contributed by atoms with Crippen LogP contribution < -0.4 is 15.5 Å². The largest absolute Gasteiger partial charge is 0.507 e. The Balaban J connectivity index is 1.60. The van der Waals surface area contributed by atoms with Crippen molar-refractivity contribution < 1.29 is 57.5 Å². The van der Waals surface area contributed by atoms with Crippen molar-refractivity contribution in [1.82, 2.24) is 4.98 Å². The fraction of sp³-hybridized carbons (Fsp3) is 0.419. The van der Waals surface area contributed by atoms with Gasteiger partial charge < -0.3 is 44.0 Å². The predicted molar refractivity (Wildman–Crippen MR) is 219 cm³/mol. The number of phenols is 1. The first-order valence-electron chi connectivity index (χ1n) is 19.0. The number of anilines is 1. The van der Waals surface area contributed by atoms with E-state index in [0.29, 0.717) is 4.47 Å². The van der Waals surface area contributed by atoms with Crippen LogP contribution in [0.1, 0.15) is 64.4 Å². The van der Waals surface area contributed by atoms with Crippen LogP contribution in [0.5, 0.6) is 11.5 Å². The molecule has 0 fully saturated rings. The van der Waals surface area contributed by atoms with Crippen LogP contribution in [0, 0.1) is 36.4 Å². The monoisotopic (exact) mass is 880 g/mol. The number of carbonyl (C=O) groups excluding carboxylic acids is 3. The molecule has 1 aliphatic carbocycles. The number of amides is 1. The van der Waals surface area contributed by atoms with E-state index in [-0.39, 0.29) is 50.4 Å². The highest BCUT2D eigenvalue weighted by Gasteiger charge is 2.50. The van der Waals surface area contributed by atoms with Crippen LogP contribution in [0.15, 0.2) is 62.0 Å². The number of nitrogens with zero attached hydrogens (tertiary/aromatic N) is 1. The summed E-state index contributed by atoms with van der Waals surface area (Å²) in [5.41, 5.74) is -2.07. The number of aromatic nitrogens is 1. The Bertz CT molecular complexity index is 2500. The first-order valence-corrected chi connectivity index (χ1v) is 19.8. The molecule has 59 heavy (non-hydrogen) atoms. The minimum atomic E-state index is -2.09. The summed E-state index contributed by atoms with van der Waals surface area (Å²) in [6.45, 7) is 12.3. The molecule has 314 valence electrons. The standard InChI is InChI=1S/C43H46BrFN2O12/c1-17-11-10-12-18(2)42(54)47-33-37(52)29-28(32-40(33)58-27-16-24(44)15-25(45)31(27)46-32)30-39(22(6)36(29)51)59-43(8,41(30)53)56-14-13-26(55-9)19(3)38(57-23(7)48)21(5)35(50)20(4)34(17)49/h10-17,19-21,26,34-35,38,49-51H,1-9H3,(H,47,54)/b11-10+,14-13+,18-12-/t17-,19+,20+,21+,26-,34-,35+,38+,43-/m0/s1. The number of hydrogen-bond donors (Lipinski definition) is 4. The Kier molecular flexibility index (Phi) is 12.1. The zero-order chi connectivity index (χ0) is 43.4. The molecule has 2 aromatic rings. The van der Waals surface area contributed by atoms with Crippen molar-refractivity contribution in [3.05, 3.63) is 79.9 Å². The van der Waals surface area contributed by atoms with E-state index < -0.39 is 99.6 Å². The Hall–Kier alpha value is -5.16. The number of ether oxygens (including phenoxy) is 4. The summed E-state index contributed by atoms with van der Waals surface area (Å²) in [7, 11) is 1.42. The van der Waals surface area contributed by atoms with Gasteiger partial charge >= 0.3 is 11.8 Å². The van der Waals surface area contributed by atoms with E-state index >= 15 is 4.39 Å². The minimum absolute atomic E-state index is 0.00356. The highest BCUT2D eigenvalue weighted by atomic mass is 79.9. The number of carbonyl (C=O) groups is 3. The van der Waals surface area contributed by atoms with Crippen molar-refractivity contribution >= 4 is 61.1 Å². The number of fused-ring (bicyclic) bond motifs is 2. The number of esters is 1. The van der Waals surface area contributed by atoms with Gasteiger partial charge in [0, 0.05) is 65.6 Å². The fourth-order valence-corrected chi connectivity index (χ4v) is 8.24. The van der Waals surface area contributed by atoms with E-state index in [2.05, 4.69) is 26.2 Å². The second kappa shape index (κ2) is 16.5. The third kappa shape index (κ3) is 7.74. The van der Waals surface area contributed by atoms with E-state index in [4.69, 9.17) is 23.4 Å². The summed E-state index contributed by atoms with van der Waals surface area (Å²) in [6.07, 6.45) is 3.30. The van der Waals surface area contributed by atoms with E-state index in [1.807, 2.05) is 0 Å². The van der Waals surface area contributed by atoms with Gasteiger partial charge in [-0.1, -0.05) is 61.9 Å². The highest BCUT2D eigenvalue weighted by Crippen LogP contribution is 2.50. The van der Waals surface area contributed by atoms with Gasteiger partial charge in [0.1, 0.15) is 34.5 Å². The van der Waals surface area contributed by atoms with E-state index in [0.717, 1.165) is 6.07 Å². The smallest absolute Gasteiger partial charge is 0.312 e. The van der Waals surface area contributed by atoms with E-state index in [1.165, 1.54) is 59.3 Å². The average molecular weight is 882 g/mol. The molecule has 0 saturated carbocycles. The summed E-state index contributed by atoms with van der Waals surface area (Å²) < 4.78 is 45.5. The molecule has 4 N–H and O–H groups in total. The molecule has 0 unspecified atom stereocenters. The van der Waals surface area contributed by atoms with Crippen LogP contribution in [0.25, 0.3) is 33.3 Å². The van der Waals surface area contributed by atoms with E-state index in [9.17, 15) is 34.5 Å². The molecule has 2 aromatic carbocycles. The Morgan fingerprint density at radius 2 is 1.71 bits per heavy atom. The quantitative estimate of drug-likeness (QED) is 0.0926. The summed E-state index contributed by atoms with van der Waals surface area (Å²) in [5.74, 6) is -8.67. The highest BCUT2D eigenvalue weighted by molar-refractivity contribution is 9.10. The number of nitrogens with one attached hydrogen (secondary N) is 1. The molecular weight excluding hydrogens is 835 g/mol. The maximum Gasteiger partial charge on any atom is 0.312 e. The van der Waals surface area contributed by atoms with Crippen LogP contribution in [0.4, 0.5) is 10.1 Å². The maximum atomic E-state index is 15.5. The molecule has 9 atom stereocenters. The predicted octanol–water partition coefficient (Wildman–Crippen LogP) is 6.85. The van der Waals surface area contributed by atoms with Gasteiger partial charge in [-0.25, -0.2) is 9.37 Å². The molecule has 6 rings (SSSR count). The SMILES string of the molecule is CO[C@H]1/C=C/O[C@@]2(C)Oc3c(C)c(O)c4c(=O)c(c5oc6cc(Br)cc(F)c6nc-5c4c3C2=O)NC(=O)/C(C)=C\C=C\[C@H](C)[C@H](O)[C@@H](C)[C@@H](O)[C@@H](C)[C@H](OC(C)=O)[C@@H]1C. The van der Waals surface area contributed by atoms with Crippen molar-refractivity contribution in [3.63, 3.8) is 0 Å². The van der Waals surface area contributed by atoms with Crippen molar-refractivity contribution in [2.45, 2.75) is 85.6 Å². The summed E-state index contributed by atoms with van der Waals surface area (Å²) in [4.78, 5) is 59.6. The number of rotatable bonds is 2. The minimum Gasteiger partial charge on any atom is -0.507 e. The van der Waals surface area contributed by atoms with Crippen molar-refractivity contribution in [2.24, 2.45) is 23.7 Å². The third-order valence-electron chi connectivity index (χ3n) is 11.4. The van der Waals surface area contributed by atoms with Crippen molar-refractivity contribution in [3.8, 4) is 23.0 Å². The number of aliphatic hydroxyl groups excluding tert-OH is 2.